The van der Waals surface area contributed by atoms with Gasteiger partial charge >= 0.3 is 5.97 Å². The number of amides is 1. The Balaban J connectivity index is 1.70. The van der Waals surface area contributed by atoms with E-state index in [0.29, 0.717) is 24.3 Å². The highest BCUT2D eigenvalue weighted by molar-refractivity contribution is 5.89. The first-order chi connectivity index (χ1) is 13.2. The van der Waals surface area contributed by atoms with E-state index in [1.54, 1.807) is 0 Å². The molecule has 2 aliphatic rings. The number of ether oxygens (including phenoxy) is 1. The fourth-order valence-electron chi connectivity index (χ4n) is 4.89. The van der Waals surface area contributed by atoms with Gasteiger partial charge in [-0.15, -0.1) is 0 Å². The van der Waals surface area contributed by atoms with Crippen LogP contribution in [0, 0.1) is 23.2 Å². The van der Waals surface area contributed by atoms with Crippen LogP contribution in [0.25, 0.3) is 0 Å². The molecule has 154 valence electrons. The summed E-state index contributed by atoms with van der Waals surface area (Å²) in [4.78, 5) is 27.7. The molecule has 1 aliphatic heterocycles. The minimum Gasteiger partial charge on any atom is -0.462 e. The van der Waals surface area contributed by atoms with Gasteiger partial charge in [0, 0.05) is 13.0 Å². The molecular formula is C24H35NO3. The molecule has 4 heteroatoms. The third kappa shape index (κ3) is 4.26. The molecule has 2 fully saturated rings. The third-order valence-electron chi connectivity index (χ3n) is 6.84. The fraction of sp³-hybridized carbons (Fsp3) is 0.667. The topological polar surface area (TPSA) is 46.6 Å². The van der Waals surface area contributed by atoms with Gasteiger partial charge in [-0.1, -0.05) is 57.5 Å². The van der Waals surface area contributed by atoms with Gasteiger partial charge in [0.15, 0.2) is 0 Å². The Morgan fingerprint density at radius 3 is 2.50 bits per heavy atom. The smallest absolute Gasteiger partial charge is 0.314 e. The lowest BCUT2D eigenvalue weighted by Gasteiger charge is -2.38. The molecule has 1 saturated carbocycles. The van der Waals surface area contributed by atoms with E-state index < -0.39 is 5.41 Å². The predicted molar refractivity (Wildman–Crippen MR) is 111 cm³/mol. The van der Waals surface area contributed by atoms with E-state index in [-0.39, 0.29) is 30.4 Å². The first-order valence-electron chi connectivity index (χ1n) is 10.8. The molecule has 5 atom stereocenters. The van der Waals surface area contributed by atoms with Crippen molar-refractivity contribution in [1.82, 2.24) is 4.90 Å². The van der Waals surface area contributed by atoms with Crippen LogP contribution in [-0.2, 0) is 14.3 Å². The number of rotatable bonds is 5. The third-order valence-corrected chi connectivity index (χ3v) is 6.84. The number of benzene rings is 1. The molecule has 1 unspecified atom stereocenters. The molecule has 1 saturated heterocycles. The van der Waals surface area contributed by atoms with Gasteiger partial charge in [0.05, 0.1) is 11.5 Å². The lowest BCUT2D eigenvalue weighted by atomic mass is 9.75. The molecule has 4 nitrogen and oxygen atoms in total. The zero-order valence-electron chi connectivity index (χ0n) is 18.0. The van der Waals surface area contributed by atoms with Crippen molar-refractivity contribution in [1.29, 1.82) is 0 Å². The summed E-state index contributed by atoms with van der Waals surface area (Å²) in [5, 5.41) is 0. The Morgan fingerprint density at radius 1 is 1.18 bits per heavy atom. The number of carbonyl (C=O) groups is 2. The van der Waals surface area contributed by atoms with Crippen molar-refractivity contribution in [2.45, 2.75) is 72.4 Å². The second-order valence-corrected chi connectivity index (χ2v) is 9.62. The summed E-state index contributed by atoms with van der Waals surface area (Å²) >= 11 is 0. The second kappa shape index (κ2) is 8.26. The zero-order chi connectivity index (χ0) is 20.5. The van der Waals surface area contributed by atoms with Crippen LogP contribution in [0.3, 0.4) is 0 Å². The van der Waals surface area contributed by atoms with Crippen LogP contribution in [0.4, 0.5) is 0 Å². The van der Waals surface area contributed by atoms with Crippen LogP contribution in [0.2, 0.25) is 0 Å². The molecule has 1 aromatic rings. The Kier molecular flexibility index (Phi) is 6.16. The summed E-state index contributed by atoms with van der Waals surface area (Å²) in [6.07, 6.45) is 3.46. The average Bonchev–Trinajstić information content (AvgIpc) is 2.97. The Bertz CT molecular complexity index is 701. The van der Waals surface area contributed by atoms with Gasteiger partial charge in [-0.05, 0) is 50.0 Å². The van der Waals surface area contributed by atoms with E-state index in [1.807, 2.05) is 49.1 Å². The Labute approximate surface area is 169 Å². The molecule has 0 radical (unpaired) electrons. The Hall–Kier alpha value is -1.84. The molecule has 1 heterocycles. The van der Waals surface area contributed by atoms with E-state index in [2.05, 4.69) is 20.8 Å². The highest BCUT2D eigenvalue weighted by Crippen LogP contribution is 2.40. The minimum atomic E-state index is -0.762. The summed E-state index contributed by atoms with van der Waals surface area (Å²) in [6.45, 7) is 11.0. The highest BCUT2D eigenvalue weighted by Gasteiger charge is 2.49. The van der Waals surface area contributed by atoms with E-state index in [9.17, 15) is 9.59 Å². The molecule has 0 N–H and O–H groups in total. The van der Waals surface area contributed by atoms with E-state index >= 15 is 0 Å². The summed E-state index contributed by atoms with van der Waals surface area (Å²) in [7, 11) is 0. The average molecular weight is 386 g/mol. The number of hydrogen-bond donors (Lipinski definition) is 0. The highest BCUT2D eigenvalue weighted by atomic mass is 16.5. The SMILES string of the molecule is CC(C)[C@H]1CC[C@H](C)C[C@@H]1OC(=O)C1(C)CC(=O)N([C@H](C)c2ccccc2)C1. The number of likely N-dealkylation sites (tertiary alicyclic amines) is 1. The van der Waals surface area contributed by atoms with Crippen molar-refractivity contribution in [3.63, 3.8) is 0 Å². The molecule has 28 heavy (non-hydrogen) atoms. The van der Waals surface area contributed by atoms with Gasteiger partial charge in [-0.25, -0.2) is 0 Å². The molecule has 0 aromatic heterocycles. The van der Waals surface area contributed by atoms with Crippen LogP contribution >= 0.6 is 0 Å². The van der Waals surface area contributed by atoms with Gasteiger partial charge < -0.3 is 9.64 Å². The lowest BCUT2D eigenvalue weighted by molar-refractivity contribution is -0.167. The summed E-state index contributed by atoms with van der Waals surface area (Å²) in [6, 6.07) is 9.96. The van der Waals surface area contributed by atoms with Crippen molar-refractivity contribution in [3.05, 3.63) is 35.9 Å². The van der Waals surface area contributed by atoms with Crippen molar-refractivity contribution in [2.24, 2.45) is 23.2 Å². The standard InChI is InChI=1S/C24H35NO3/c1-16(2)20-12-11-17(3)13-21(20)28-23(27)24(5)14-22(26)25(15-24)18(4)19-9-7-6-8-10-19/h6-10,16-18,20-21H,11-15H2,1-5H3/t17-,18+,20+,21-,24?/m0/s1. The van der Waals surface area contributed by atoms with Gasteiger partial charge in [0.1, 0.15) is 6.10 Å². The van der Waals surface area contributed by atoms with E-state index in [4.69, 9.17) is 4.74 Å². The molecule has 1 aliphatic carbocycles. The van der Waals surface area contributed by atoms with Crippen molar-refractivity contribution >= 4 is 11.9 Å². The van der Waals surface area contributed by atoms with Gasteiger partial charge in [-0.3, -0.25) is 9.59 Å². The molecular weight excluding hydrogens is 350 g/mol. The fourth-order valence-corrected chi connectivity index (χ4v) is 4.89. The molecule has 0 bridgehead atoms. The van der Waals surface area contributed by atoms with Gasteiger partial charge in [-0.2, -0.15) is 0 Å². The normalized spacial score (nSPS) is 31.9. The molecule has 3 rings (SSSR count). The monoisotopic (exact) mass is 385 g/mol. The number of esters is 1. The molecule has 0 spiro atoms. The lowest BCUT2D eigenvalue weighted by Crippen LogP contribution is -2.41. The van der Waals surface area contributed by atoms with Crippen LogP contribution in [-0.4, -0.2) is 29.4 Å². The van der Waals surface area contributed by atoms with Crippen LogP contribution in [0.5, 0.6) is 0 Å². The number of nitrogens with zero attached hydrogens (tertiary/aromatic N) is 1. The van der Waals surface area contributed by atoms with Crippen molar-refractivity contribution < 1.29 is 14.3 Å². The summed E-state index contributed by atoms with van der Waals surface area (Å²) in [5.74, 6) is 1.33. The van der Waals surface area contributed by atoms with Crippen LogP contribution in [0.1, 0.15) is 71.9 Å². The predicted octanol–water partition coefficient (Wildman–Crippen LogP) is 4.99. The first kappa shape index (κ1) is 20.9. The minimum absolute atomic E-state index is 0.0243. The number of carbonyl (C=O) groups excluding carboxylic acids is 2. The quantitative estimate of drug-likeness (QED) is 0.671. The van der Waals surface area contributed by atoms with E-state index in [1.165, 1.54) is 6.42 Å². The maximum atomic E-state index is 13.2. The maximum absolute atomic E-state index is 13.2. The largest absolute Gasteiger partial charge is 0.462 e. The maximum Gasteiger partial charge on any atom is 0.314 e. The van der Waals surface area contributed by atoms with Crippen LogP contribution in [0.15, 0.2) is 30.3 Å². The Morgan fingerprint density at radius 2 is 1.86 bits per heavy atom. The van der Waals surface area contributed by atoms with Crippen LogP contribution < -0.4 is 0 Å². The van der Waals surface area contributed by atoms with Gasteiger partial charge in [0.25, 0.3) is 0 Å². The van der Waals surface area contributed by atoms with Crippen molar-refractivity contribution in [3.8, 4) is 0 Å². The number of hydrogen-bond acceptors (Lipinski definition) is 3. The summed E-state index contributed by atoms with van der Waals surface area (Å²) < 4.78 is 6.09. The summed E-state index contributed by atoms with van der Waals surface area (Å²) in [5.41, 5.74) is 0.331. The second-order valence-electron chi connectivity index (χ2n) is 9.62. The zero-order valence-corrected chi connectivity index (χ0v) is 18.0. The van der Waals surface area contributed by atoms with Crippen molar-refractivity contribution in [2.75, 3.05) is 6.54 Å². The first-order valence-corrected chi connectivity index (χ1v) is 10.8. The molecule has 1 aromatic carbocycles. The van der Waals surface area contributed by atoms with Gasteiger partial charge in [0.2, 0.25) is 5.91 Å². The molecule has 1 amide bonds. The van der Waals surface area contributed by atoms with E-state index in [0.717, 1.165) is 18.4 Å².